The normalized spacial score (nSPS) is 10.8. The molecule has 0 aliphatic rings. The fourth-order valence-corrected chi connectivity index (χ4v) is 3.13. The lowest BCUT2D eigenvalue weighted by Gasteiger charge is -2.10. The van der Waals surface area contributed by atoms with Gasteiger partial charge in [-0.3, -0.25) is 0 Å². The molecule has 3 nitrogen and oxygen atoms in total. The Morgan fingerprint density at radius 2 is 1.40 bits per heavy atom. The van der Waals surface area contributed by atoms with E-state index in [1.165, 1.54) is 70.6 Å². The third-order valence-electron chi connectivity index (χ3n) is 4.83. The Balaban J connectivity index is 1.99. The second-order valence-corrected chi connectivity index (χ2v) is 7.15. The monoisotopic (exact) mass is 347 g/mol. The number of nitrogens with one attached hydrogen (secondary N) is 1. The molecule has 0 atom stereocenters. The molecule has 142 valence electrons. The number of hydrogen-bond donors (Lipinski definition) is 2. The Bertz CT molecular complexity index is 485. The first-order valence-corrected chi connectivity index (χ1v) is 10.2. The molecule has 0 heterocycles. The summed E-state index contributed by atoms with van der Waals surface area (Å²) in [5.74, 6) is -0.867. The van der Waals surface area contributed by atoms with E-state index in [9.17, 15) is 4.79 Å². The van der Waals surface area contributed by atoms with Crippen molar-refractivity contribution in [1.29, 1.82) is 0 Å². The Kier molecular flexibility index (Phi) is 11.8. The summed E-state index contributed by atoms with van der Waals surface area (Å²) in [6.45, 7) is 5.20. The second-order valence-electron chi connectivity index (χ2n) is 7.15. The van der Waals surface area contributed by atoms with Crippen molar-refractivity contribution in [2.45, 2.75) is 90.9 Å². The van der Waals surface area contributed by atoms with Gasteiger partial charge in [0.05, 0.1) is 5.56 Å². The number of anilines is 1. The van der Waals surface area contributed by atoms with Crippen LogP contribution in [0.2, 0.25) is 0 Å². The van der Waals surface area contributed by atoms with Crippen molar-refractivity contribution in [1.82, 2.24) is 0 Å². The molecule has 1 rings (SSSR count). The highest BCUT2D eigenvalue weighted by molar-refractivity contribution is 5.89. The zero-order valence-corrected chi connectivity index (χ0v) is 16.3. The predicted molar refractivity (Wildman–Crippen MR) is 108 cm³/mol. The molecule has 0 saturated carbocycles. The molecule has 0 bridgehead atoms. The van der Waals surface area contributed by atoms with E-state index < -0.39 is 5.97 Å². The number of aromatic carboxylic acids is 1. The third-order valence-corrected chi connectivity index (χ3v) is 4.83. The molecule has 0 aliphatic heterocycles. The minimum absolute atomic E-state index is 0.350. The highest BCUT2D eigenvalue weighted by Crippen LogP contribution is 2.17. The fourth-order valence-electron chi connectivity index (χ4n) is 3.13. The predicted octanol–water partition coefficient (Wildman–Crippen LogP) is 6.81. The van der Waals surface area contributed by atoms with Crippen molar-refractivity contribution in [3.05, 3.63) is 29.3 Å². The molecule has 0 aromatic heterocycles. The molecule has 0 spiro atoms. The molecule has 1 aromatic rings. The molecule has 25 heavy (non-hydrogen) atoms. The van der Waals surface area contributed by atoms with Crippen LogP contribution in [0.3, 0.4) is 0 Å². The lowest BCUT2D eigenvalue weighted by atomic mass is 10.1. The van der Waals surface area contributed by atoms with Gasteiger partial charge in [0.1, 0.15) is 0 Å². The van der Waals surface area contributed by atoms with Crippen LogP contribution < -0.4 is 5.32 Å². The lowest BCUT2D eigenvalue weighted by molar-refractivity contribution is 0.0697. The Hall–Kier alpha value is -1.51. The molecule has 0 amide bonds. The molecule has 1 aromatic carbocycles. The lowest BCUT2D eigenvalue weighted by Crippen LogP contribution is -2.05. The number of carboxylic acids is 1. The smallest absolute Gasteiger partial charge is 0.335 e. The topological polar surface area (TPSA) is 49.3 Å². The maximum absolute atomic E-state index is 11.0. The summed E-state index contributed by atoms with van der Waals surface area (Å²) < 4.78 is 0. The number of carboxylic acid groups (broad SMARTS) is 1. The number of rotatable bonds is 15. The van der Waals surface area contributed by atoms with Crippen LogP contribution in [-0.2, 0) is 0 Å². The first-order chi connectivity index (χ1) is 12.1. The van der Waals surface area contributed by atoms with Crippen LogP contribution >= 0.6 is 0 Å². The third kappa shape index (κ3) is 10.2. The fraction of sp³-hybridized carbons (Fsp3) is 0.682. The summed E-state index contributed by atoms with van der Waals surface area (Å²) in [5.41, 5.74) is 2.40. The summed E-state index contributed by atoms with van der Waals surface area (Å²) in [4.78, 5) is 11.0. The van der Waals surface area contributed by atoms with Crippen molar-refractivity contribution < 1.29 is 9.90 Å². The van der Waals surface area contributed by atoms with E-state index in [-0.39, 0.29) is 0 Å². The first-order valence-electron chi connectivity index (χ1n) is 10.2. The van der Waals surface area contributed by atoms with Crippen LogP contribution in [0.5, 0.6) is 0 Å². The van der Waals surface area contributed by atoms with Crippen LogP contribution in [0.4, 0.5) is 5.69 Å². The summed E-state index contributed by atoms with van der Waals surface area (Å²) in [6.07, 6.45) is 16.2. The van der Waals surface area contributed by atoms with Gasteiger partial charge in [0, 0.05) is 12.2 Å². The minimum atomic E-state index is -0.867. The Morgan fingerprint density at radius 1 is 0.880 bits per heavy atom. The number of hydrogen-bond acceptors (Lipinski definition) is 2. The average molecular weight is 348 g/mol. The summed E-state index contributed by atoms with van der Waals surface area (Å²) in [7, 11) is 0. The average Bonchev–Trinajstić information content (AvgIpc) is 2.60. The van der Waals surface area contributed by atoms with E-state index in [2.05, 4.69) is 12.2 Å². The van der Waals surface area contributed by atoms with Crippen LogP contribution in [-0.4, -0.2) is 17.6 Å². The highest BCUT2D eigenvalue weighted by Gasteiger charge is 2.05. The van der Waals surface area contributed by atoms with Crippen molar-refractivity contribution >= 4 is 11.7 Å². The highest BCUT2D eigenvalue weighted by atomic mass is 16.4. The molecular formula is C22H37NO2. The summed E-state index contributed by atoms with van der Waals surface area (Å²) in [5, 5.41) is 12.4. The van der Waals surface area contributed by atoms with E-state index in [1.54, 1.807) is 12.1 Å². The van der Waals surface area contributed by atoms with E-state index in [0.717, 1.165) is 24.2 Å². The number of unbranched alkanes of at least 4 members (excludes halogenated alkanes) is 11. The molecule has 0 aliphatic carbocycles. The van der Waals surface area contributed by atoms with Crippen molar-refractivity contribution in [3.8, 4) is 0 Å². The van der Waals surface area contributed by atoms with Crippen molar-refractivity contribution in [2.75, 3.05) is 11.9 Å². The van der Waals surface area contributed by atoms with Gasteiger partial charge in [0.25, 0.3) is 0 Å². The molecule has 0 fully saturated rings. The van der Waals surface area contributed by atoms with Crippen LogP contribution in [0, 0.1) is 6.92 Å². The molecule has 2 N–H and O–H groups in total. The Labute approximate surface area is 154 Å². The SMILES string of the molecule is CCCCCCCCCCCCCCNc1cc(C(=O)O)ccc1C. The number of aryl methyl sites for hydroxylation is 1. The number of benzene rings is 1. The largest absolute Gasteiger partial charge is 0.478 e. The van der Waals surface area contributed by atoms with Gasteiger partial charge in [-0.15, -0.1) is 0 Å². The molecule has 0 saturated heterocycles. The zero-order chi connectivity index (χ0) is 18.3. The molecule has 3 heteroatoms. The molecule has 0 unspecified atom stereocenters. The van der Waals surface area contributed by atoms with Crippen LogP contribution in [0.1, 0.15) is 99.9 Å². The Morgan fingerprint density at radius 3 is 1.92 bits per heavy atom. The van der Waals surface area contributed by atoms with Gasteiger partial charge < -0.3 is 10.4 Å². The quantitative estimate of drug-likeness (QED) is 0.343. The first kappa shape index (κ1) is 21.5. The van der Waals surface area contributed by atoms with Crippen molar-refractivity contribution in [2.24, 2.45) is 0 Å². The molecule has 0 radical (unpaired) electrons. The van der Waals surface area contributed by atoms with E-state index in [1.807, 2.05) is 13.0 Å². The van der Waals surface area contributed by atoms with Gasteiger partial charge in [-0.05, 0) is 31.0 Å². The summed E-state index contributed by atoms with van der Waals surface area (Å²) in [6, 6.07) is 5.26. The molecular weight excluding hydrogens is 310 g/mol. The second kappa shape index (κ2) is 13.7. The van der Waals surface area contributed by atoms with Gasteiger partial charge in [-0.1, -0.05) is 83.6 Å². The van der Waals surface area contributed by atoms with Gasteiger partial charge >= 0.3 is 5.97 Å². The van der Waals surface area contributed by atoms with Gasteiger partial charge in [-0.25, -0.2) is 4.79 Å². The van der Waals surface area contributed by atoms with Gasteiger partial charge in [-0.2, -0.15) is 0 Å². The van der Waals surface area contributed by atoms with Crippen LogP contribution in [0.15, 0.2) is 18.2 Å². The van der Waals surface area contributed by atoms with Crippen molar-refractivity contribution in [3.63, 3.8) is 0 Å². The standard InChI is InChI=1S/C22H37NO2/c1-3-4-5-6-7-8-9-10-11-12-13-14-17-23-21-18-20(22(24)25)16-15-19(21)2/h15-16,18,23H,3-14,17H2,1-2H3,(H,24,25). The van der Waals surface area contributed by atoms with Gasteiger partial charge in [0.15, 0.2) is 0 Å². The van der Waals surface area contributed by atoms with E-state index >= 15 is 0 Å². The van der Waals surface area contributed by atoms with E-state index in [0.29, 0.717) is 5.56 Å². The zero-order valence-electron chi connectivity index (χ0n) is 16.3. The van der Waals surface area contributed by atoms with E-state index in [4.69, 9.17) is 5.11 Å². The summed E-state index contributed by atoms with van der Waals surface area (Å²) >= 11 is 0. The minimum Gasteiger partial charge on any atom is -0.478 e. The maximum Gasteiger partial charge on any atom is 0.335 e. The van der Waals surface area contributed by atoms with Crippen LogP contribution in [0.25, 0.3) is 0 Å². The maximum atomic E-state index is 11.0. The number of carbonyl (C=O) groups is 1. The van der Waals surface area contributed by atoms with Gasteiger partial charge in [0.2, 0.25) is 0 Å².